The molecule has 2 aliphatic rings. The van der Waals surface area contributed by atoms with E-state index in [2.05, 4.69) is 41.7 Å². The summed E-state index contributed by atoms with van der Waals surface area (Å²) in [4.78, 5) is 0. The quantitative estimate of drug-likeness (QED) is 0.835. The van der Waals surface area contributed by atoms with Crippen molar-refractivity contribution in [2.75, 3.05) is 18.5 Å². The topological polar surface area (TPSA) is 21.3 Å². The largest absolute Gasteiger partial charge is 0.493 e. The molecular formula is C17H17NO. The second kappa shape index (κ2) is 4.30. The van der Waals surface area contributed by atoms with Crippen LogP contribution in [0.3, 0.4) is 0 Å². The highest BCUT2D eigenvalue weighted by Crippen LogP contribution is 2.32. The maximum absolute atomic E-state index is 5.68. The van der Waals surface area contributed by atoms with Gasteiger partial charge in [0.2, 0.25) is 0 Å². The van der Waals surface area contributed by atoms with Gasteiger partial charge in [0, 0.05) is 12.2 Å². The molecule has 0 aromatic heterocycles. The molecule has 2 heteroatoms. The van der Waals surface area contributed by atoms with E-state index < -0.39 is 0 Å². The molecule has 1 N–H and O–H groups in total. The van der Waals surface area contributed by atoms with Crippen molar-refractivity contribution in [1.82, 2.24) is 0 Å². The molecule has 0 bridgehead atoms. The lowest BCUT2D eigenvalue weighted by molar-refractivity contribution is 0.288. The molecule has 0 spiro atoms. The van der Waals surface area contributed by atoms with E-state index in [-0.39, 0.29) is 0 Å². The van der Waals surface area contributed by atoms with Crippen molar-refractivity contribution in [3.8, 4) is 16.9 Å². The number of benzene rings is 2. The first-order valence-corrected chi connectivity index (χ1v) is 7.03. The highest BCUT2D eigenvalue weighted by atomic mass is 16.5. The summed E-state index contributed by atoms with van der Waals surface area (Å²) >= 11 is 0. The van der Waals surface area contributed by atoms with Crippen LogP contribution in [0.1, 0.15) is 17.5 Å². The maximum atomic E-state index is 5.68. The molecule has 2 nitrogen and oxygen atoms in total. The maximum Gasteiger partial charge on any atom is 0.122 e. The molecule has 0 fully saturated rings. The fraction of sp³-hybridized carbons (Fsp3) is 0.294. The summed E-state index contributed by atoms with van der Waals surface area (Å²) in [7, 11) is 0. The van der Waals surface area contributed by atoms with Gasteiger partial charge in [-0.05, 0) is 65.8 Å². The van der Waals surface area contributed by atoms with E-state index in [1.165, 1.54) is 27.9 Å². The molecule has 0 radical (unpaired) electrons. The first-order chi connectivity index (χ1) is 9.40. The van der Waals surface area contributed by atoms with E-state index >= 15 is 0 Å². The Morgan fingerprint density at radius 2 is 1.74 bits per heavy atom. The molecule has 19 heavy (non-hydrogen) atoms. The summed E-state index contributed by atoms with van der Waals surface area (Å²) in [6.07, 6.45) is 3.40. The summed E-state index contributed by atoms with van der Waals surface area (Å²) in [6, 6.07) is 13.3. The molecule has 4 rings (SSSR count). The Morgan fingerprint density at radius 1 is 0.895 bits per heavy atom. The van der Waals surface area contributed by atoms with Crippen molar-refractivity contribution in [3.05, 3.63) is 47.5 Å². The van der Waals surface area contributed by atoms with E-state index in [1.807, 2.05) is 0 Å². The summed E-state index contributed by atoms with van der Waals surface area (Å²) in [6.45, 7) is 1.92. The summed E-state index contributed by atoms with van der Waals surface area (Å²) in [5.74, 6) is 1.07. The van der Waals surface area contributed by atoms with Gasteiger partial charge in [-0.25, -0.2) is 0 Å². The van der Waals surface area contributed by atoms with Gasteiger partial charge in [0.1, 0.15) is 5.75 Å². The molecule has 2 heterocycles. The lowest BCUT2D eigenvalue weighted by atomic mass is 9.97. The second-order valence-corrected chi connectivity index (χ2v) is 5.32. The first-order valence-electron chi connectivity index (χ1n) is 7.03. The lowest BCUT2D eigenvalue weighted by Gasteiger charge is -2.18. The SMILES string of the molecule is c1cc2c(cc1-c1ccc3c(c1)CCCO3)CCN2. The molecule has 0 saturated heterocycles. The Balaban J connectivity index is 1.76. The third-order valence-electron chi connectivity index (χ3n) is 4.06. The predicted molar refractivity (Wildman–Crippen MR) is 77.9 cm³/mol. The molecule has 0 saturated carbocycles. The third-order valence-corrected chi connectivity index (χ3v) is 4.06. The molecule has 0 unspecified atom stereocenters. The zero-order valence-corrected chi connectivity index (χ0v) is 10.9. The van der Waals surface area contributed by atoms with Gasteiger partial charge in [-0.2, -0.15) is 0 Å². The molecule has 96 valence electrons. The van der Waals surface area contributed by atoms with E-state index in [9.17, 15) is 0 Å². The Morgan fingerprint density at radius 3 is 2.68 bits per heavy atom. The third kappa shape index (κ3) is 1.88. The van der Waals surface area contributed by atoms with Gasteiger partial charge < -0.3 is 10.1 Å². The number of hydrogen-bond acceptors (Lipinski definition) is 2. The van der Waals surface area contributed by atoms with Gasteiger partial charge in [0.15, 0.2) is 0 Å². The zero-order chi connectivity index (χ0) is 12.7. The van der Waals surface area contributed by atoms with E-state index in [1.54, 1.807) is 0 Å². The zero-order valence-electron chi connectivity index (χ0n) is 10.9. The highest BCUT2D eigenvalue weighted by Gasteiger charge is 2.13. The van der Waals surface area contributed by atoms with Crippen LogP contribution in [-0.2, 0) is 12.8 Å². The summed E-state index contributed by atoms with van der Waals surface area (Å²) < 4.78 is 5.68. The number of hydrogen-bond donors (Lipinski definition) is 1. The van der Waals surface area contributed by atoms with Gasteiger partial charge in [0.05, 0.1) is 6.61 Å². The first kappa shape index (κ1) is 10.9. The lowest BCUT2D eigenvalue weighted by Crippen LogP contribution is -2.08. The highest BCUT2D eigenvalue weighted by molar-refractivity contribution is 5.71. The molecule has 0 amide bonds. The summed E-state index contributed by atoms with van der Waals surface area (Å²) in [5, 5.41) is 3.41. The normalized spacial score (nSPS) is 16.2. The van der Waals surface area contributed by atoms with Gasteiger partial charge in [0.25, 0.3) is 0 Å². The van der Waals surface area contributed by atoms with Crippen LogP contribution in [0.25, 0.3) is 11.1 Å². The minimum atomic E-state index is 0.858. The molecule has 2 aromatic rings. The molecule has 2 aliphatic heterocycles. The van der Waals surface area contributed by atoms with Crippen LogP contribution in [0.5, 0.6) is 5.75 Å². The molecule has 0 aliphatic carbocycles. The Labute approximate surface area is 113 Å². The van der Waals surface area contributed by atoms with Gasteiger partial charge in [-0.15, -0.1) is 0 Å². The van der Waals surface area contributed by atoms with Crippen molar-refractivity contribution >= 4 is 5.69 Å². The molecule has 0 atom stereocenters. The minimum absolute atomic E-state index is 0.858. The molecule has 2 aromatic carbocycles. The number of rotatable bonds is 1. The molecular weight excluding hydrogens is 234 g/mol. The van der Waals surface area contributed by atoms with Crippen molar-refractivity contribution in [2.24, 2.45) is 0 Å². The number of aryl methyl sites for hydroxylation is 1. The van der Waals surface area contributed by atoms with E-state index in [0.717, 1.165) is 38.2 Å². The number of nitrogens with one attached hydrogen (secondary N) is 1. The summed E-state index contributed by atoms with van der Waals surface area (Å²) in [5.41, 5.74) is 6.70. The van der Waals surface area contributed by atoms with Crippen LogP contribution in [0.4, 0.5) is 5.69 Å². The second-order valence-electron chi connectivity index (χ2n) is 5.32. The fourth-order valence-electron chi connectivity index (χ4n) is 3.02. The smallest absolute Gasteiger partial charge is 0.122 e. The van der Waals surface area contributed by atoms with Crippen molar-refractivity contribution < 1.29 is 4.74 Å². The average molecular weight is 251 g/mol. The van der Waals surface area contributed by atoms with Gasteiger partial charge in [-0.1, -0.05) is 12.1 Å². The predicted octanol–water partition coefficient (Wildman–Crippen LogP) is 3.65. The van der Waals surface area contributed by atoms with Crippen LogP contribution < -0.4 is 10.1 Å². The number of anilines is 1. The average Bonchev–Trinajstić information content (AvgIpc) is 2.94. The van der Waals surface area contributed by atoms with Crippen LogP contribution in [0, 0.1) is 0 Å². The van der Waals surface area contributed by atoms with Crippen LogP contribution in [0.15, 0.2) is 36.4 Å². The number of ether oxygens (including phenoxy) is 1. The van der Waals surface area contributed by atoms with Crippen molar-refractivity contribution in [3.63, 3.8) is 0 Å². The monoisotopic (exact) mass is 251 g/mol. The van der Waals surface area contributed by atoms with Gasteiger partial charge in [-0.3, -0.25) is 0 Å². The fourth-order valence-corrected chi connectivity index (χ4v) is 3.02. The Hall–Kier alpha value is -1.96. The number of fused-ring (bicyclic) bond motifs is 2. The van der Waals surface area contributed by atoms with Crippen molar-refractivity contribution in [2.45, 2.75) is 19.3 Å². The Bertz CT molecular complexity index is 633. The van der Waals surface area contributed by atoms with Crippen molar-refractivity contribution in [1.29, 1.82) is 0 Å². The standard InChI is InChI=1S/C17H17NO/c1-2-15-11-13(4-6-17(15)19-9-1)12-3-5-16-14(10-12)7-8-18-16/h3-6,10-11,18H,1-2,7-9H2. The van der Waals surface area contributed by atoms with Crippen LogP contribution in [0.2, 0.25) is 0 Å². The Kier molecular flexibility index (Phi) is 2.47. The minimum Gasteiger partial charge on any atom is -0.493 e. The van der Waals surface area contributed by atoms with E-state index in [4.69, 9.17) is 4.74 Å². The van der Waals surface area contributed by atoms with Gasteiger partial charge >= 0.3 is 0 Å². The van der Waals surface area contributed by atoms with E-state index in [0.29, 0.717) is 0 Å². The van der Waals surface area contributed by atoms with Crippen LogP contribution in [-0.4, -0.2) is 13.2 Å². The van der Waals surface area contributed by atoms with Crippen LogP contribution >= 0.6 is 0 Å².